The van der Waals surface area contributed by atoms with Crippen LogP contribution >= 0.6 is 0 Å². The van der Waals surface area contributed by atoms with E-state index in [1.54, 1.807) is 0 Å². The van der Waals surface area contributed by atoms with Crippen LogP contribution in [0.4, 0.5) is 0 Å². The highest BCUT2D eigenvalue weighted by molar-refractivity contribution is 7.88. The van der Waals surface area contributed by atoms with Gasteiger partial charge in [0, 0.05) is 6.04 Å². The molecule has 1 amide bonds. The number of hydrogen-bond donors (Lipinski definition) is 2. The monoisotopic (exact) mass is 332 g/mol. The number of rotatable bonds is 8. The van der Waals surface area contributed by atoms with Gasteiger partial charge in [0.05, 0.1) is 20.3 Å². The summed E-state index contributed by atoms with van der Waals surface area (Å²) in [7, 11) is -1.29. The van der Waals surface area contributed by atoms with Gasteiger partial charge < -0.3 is 9.47 Å². The Kier molecular flexibility index (Phi) is 6.50. The molecule has 0 unspecified atom stereocenters. The summed E-state index contributed by atoms with van der Waals surface area (Å²) in [6.45, 7) is 3.68. The molecule has 0 atom stereocenters. The Morgan fingerprint density at radius 2 is 1.68 bits per heavy atom. The smallest absolute Gasteiger partial charge is 0.303 e. The topological polar surface area (TPSA) is 120 Å². The predicted octanol–water partition coefficient (Wildman–Crippen LogP) is 0.247. The number of carbonyl (C=O) groups is 1. The summed E-state index contributed by atoms with van der Waals surface area (Å²) < 4.78 is 37.8. The molecule has 0 aliphatic heterocycles. The molecule has 0 aliphatic rings. The summed E-state index contributed by atoms with van der Waals surface area (Å²) >= 11 is 0. The SMILES string of the molecule is CCC(CC)NS(=O)(=O)NC(=O)c1nc(OC)cc(OC)n1. The predicted molar refractivity (Wildman–Crippen MR) is 79.0 cm³/mol. The fourth-order valence-electron chi connectivity index (χ4n) is 1.59. The maximum atomic E-state index is 12.0. The van der Waals surface area contributed by atoms with Crippen LogP contribution in [0.5, 0.6) is 11.8 Å². The molecule has 0 saturated heterocycles. The van der Waals surface area contributed by atoms with Crippen LogP contribution in [0.15, 0.2) is 6.07 Å². The van der Waals surface area contributed by atoms with Crippen LogP contribution in [-0.4, -0.2) is 44.6 Å². The zero-order valence-electron chi connectivity index (χ0n) is 12.9. The van der Waals surface area contributed by atoms with Crippen molar-refractivity contribution in [2.75, 3.05) is 14.2 Å². The van der Waals surface area contributed by atoms with Gasteiger partial charge in [-0.2, -0.15) is 23.1 Å². The normalized spacial score (nSPS) is 11.3. The highest BCUT2D eigenvalue weighted by Crippen LogP contribution is 2.14. The number of hydrogen-bond acceptors (Lipinski definition) is 7. The van der Waals surface area contributed by atoms with Crippen LogP contribution in [0.2, 0.25) is 0 Å². The van der Waals surface area contributed by atoms with Gasteiger partial charge in [-0.1, -0.05) is 13.8 Å². The molecule has 0 bridgehead atoms. The number of ether oxygens (including phenoxy) is 2. The fourth-order valence-corrected chi connectivity index (χ4v) is 2.75. The molecule has 0 aliphatic carbocycles. The summed E-state index contributed by atoms with van der Waals surface area (Å²) in [4.78, 5) is 19.6. The van der Waals surface area contributed by atoms with E-state index in [-0.39, 0.29) is 23.6 Å². The molecule has 1 aromatic heterocycles. The van der Waals surface area contributed by atoms with Gasteiger partial charge in [0.2, 0.25) is 17.6 Å². The second-order valence-corrected chi connectivity index (χ2v) is 5.79. The number of aromatic nitrogens is 2. The summed E-state index contributed by atoms with van der Waals surface area (Å²) in [6.07, 6.45) is 1.21. The van der Waals surface area contributed by atoms with E-state index in [0.29, 0.717) is 12.8 Å². The van der Waals surface area contributed by atoms with Crippen LogP contribution in [0, 0.1) is 0 Å². The number of amides is 1. The highest BCUT2D eigenvalue weighted by atomic mass is 32.2. The van der Waals surface area contributed by atoms with E-state index in [9.17, 15) is 13.2 Å². The van der Waals surface area contributed by atoms with Gasteiger partial charge in [0.15, 0.2) is 0 Å². The first-order chi connectivity index (χ1) is 10.3. The van der Waals surface area contributed by atoms with E-state index >= 15 is 0 Å². The zero-order chi connectivity index (χ0) is 16.8. The first-order valence-corrected chi connectivity index (χ1v) is 8.14. The lowest BCUT2D eigenvalue weighted by molar-refractivity contribution is 0.0968. The van der Waals surface area contributed by atoms with Gasteiger partial charge >= 0.3 is 16.1 Å². The van der Waals surface area contributed by atoms with Gasteiger partial charge in [-0.25, -0.2) is 4.72 Å². The van der Waals surface area contributed by atoms with E-state index in [2.05, 4.69) is 14.7 Å². The minimum atomic E-state index is -4.00. The number of nitrogens with zero attached hydrogens (tertiary/aromatic N) is 2. The van der Waals surface area contributed by atoms with Crippen LogP contribution in [0.1, 0.15) is 37.3 Å². The van der Waals surface area contributed by atoms with Gasteiger partial charge in [0.1, 0.15) is 0 Å². The molecule has 0 aromatic carbocycles. The van der Waals surface area contributed by atoms with Gasteiger partial charge in [-0.3, -0.25) is 4.79 Å². The Balaban J connectivity index is 2.92. The van der Waals surface area contributed by atoms with Crippen molar-refractivity contribution in [1.29, 1.82) is 0 Å². The summed E-state index contributed by atoms with van der Waals surface area (Å²) in [5.41, 5.74) is 0. The average Bonchev–Trinajstić information content (AvgIpc) is 2.51. The molecule has 1 rings (SSSR count). The third kappa shape index (κ3) is 5.11. The fraction of sp³-hybridized carbons (Fsp3) is 0.583. The molecule has 0 spiro atoms. The lowest BCUT2D eigenvalue weighted by Gasteiger charge is -2.15. The quantitative estimate of drug-likeness (QED) is 0.700. The largest absolute Gasteiger partial charge is 0.481 e. The maximum Gasteiger partial charge on any atom is 0.303 e. The minimum Gasteiger partial charge on any atom is -0.481 e. The lowest BCUT2D eigenvalue weighted by Crippen LogP contribution is -2.45. The van der Waals surface area contributed by atoms with Gasteiger partial charge in [-0.05, 0) is 12.8 Å². The molecule has 2 N–H and O–H groups in total. The summed E-state index contributed by atoms with van der Waals surface area (Å²) in [5, 5.41) is 0. The van der Waals surface area contributed by atoms with Crippen molar-refractivity contribution < 1.29 is 22.7 Å². The van der Waals surface area contributed by atoms with Crippen molar-refractivity contribution in [3.05, 3.63) is 11.9 Å². The van der Waals surface area contributed by atoms with E-state index in [4.69, 9.17) is 9.47 Å². The molecule has 22 heavy (non-hydrogen) atoms. The first-order valence-electron chi connectivity index (χ1n) is 6.66. The summed E-state index contributed by atoms with van der Waals surface area (Å²) in [5.74, 6) is -1.17. The highest BCUT2D eigenvalue weighted by Gasteiger charge is 2.21. The van der Waals surface area contributed by atoms with Crippen LogP contribution in [0.3, 0.4) is 0 Å². The van der Waals surface area contributed by atoms with Gasteiger partial charge in [-0.15, -0.1) is 0 Å². The van der Waals surface area contributed by atoms with Crippen molar-refractivity contribution in [3.8, 4) is 11.8 Å². The number of methoxy groups -OCH3 is 2. The van der Waals surface area contributed by atoms with E-state index in [0.717, 1.165) is 0 Å². The van der Waals surface area contributed by atoms with Crippen molar-refractivity contribution in [2.45, 2.75) is 32.7 Å². The molecule has 0 radical (unpaired) electrons. The molecule has 1 aromatic rings. The van der Waals surface area contributed by atoms with Crippen molar-refractivity contribution in [1.82, 2.24) is 19.4 Å². The third-order valence-corrected chi connectivity index (χ3v) is 3.93. The van der Waals surface area contributed by atoms with Crippen molar-refractivity contribution >= 4 is 16.1 Å². The standard InChI is InChI=1S/C12H20N4O5S/c1-5-8(6-2)15-22(18,19)16-12(17)11-13-9(20-3)7-10(14-11)21-4/h7-8,15H,5-6H2,1-4H3,(H,16,17). The Morgan fingerprint density at radius 1 is 1.18 bits per heavy atom. The Bertz CT molecular complexity index is 594. The summed E-state index contributed by atoms with van der Waals surface area (Å²) in [6, 6.07) is 1.11. The van der Waals surface area contributed by atoms with E-state index < -0.39 is 16.1 Å². The molecule has 0 saturated carbocycles. The van der Waals surface area contributed by atoms with Crippen molar-refractivity contribution in [3.63, 3.8) is 0 Å². The second kappa shape index (κ2) is 7.90. The molecular formula is C12H20N4O5S. The third-order valence-electron chi connectivity index (χ3n) is 2.83. The molecule has 1 heterocycles. The molecule has 10 heteroatoms. The maximum absolute atomic E-state index is 12.0. The molecule has 9 nitrogen and oxygen atoms in total. The van der Waals surface area contributed by atoms with Crippen molar-refractivity contribution in [2.24, 2.45) is 0 Å². The van der Waals surface area contributed by atoms with E-state index in [1.165, 1.54) is 20.3 Å². The zero-order valence-corrected chi connectivity index (χ0v) is 13.7. The lowest BCUT2D eigenvalue weighted by atomic mass is 10.2. The number of carbonyl (C=O) groups excluding carboxylic acids is 1. The molecule has 124 valence electrons. The second-order valence-electron chi connectivity index (χ2n) is 4.34. The van der Waals surface area contributed by atoms with E-state index in [1.807, 2.05) is 18.6 Å². The molecular weight excluding hydrogens is 312 g/mol. The van der Waals surface area contributed by atoms with Crippen LogP contribution in [-0.2, 0) is 10.2 Å². The minimum absolute atomic E-state index is 0.0855. The Morgan fingerprint density at radius 3 is 2.09 bits per heavy atom. The average molecular weight is 332 g/mol. The Labute approximate surface area is 129 Å². The van der Waals surface area contributed by atoms with Gasteiger partial charge in [0.25, 0.3) is 0 Å². The first kappa shape index (κ1) is 18.1. The van der Waals surface area contributed by atoms with Crippen LogP contribution < -0.4 is 18.9 Å². The molecule has 0 fully saturated rings. The number of nitrogens with one attached hydrogen (secondary N) is 2. The Hall–Kier alpha value is -1.94. The van der Waals surface area contributed by atoms with Crippen LogP contribution in [0.25, 0.3) is 0 Å².